The number of halogens is 2. The molecule has 1 atom stereocenters. The maximum absolute atomic E-state index is 14.1. The number of piperazine rings is 1. The molecule has 7 nitrogen and oxygen atoms in total. The van der Waals surface area contributed by atoms with Crippen molar-refractivity contribution in [3.05, 3.63) is 83.4 Å². The quantitative estimate of drug-likeness (QED) is 0.335. The lowest BCUT2D eigenvalue weighted by molar-refractivity contribution is 0.0510. The van der Waals surface area contributed by atoms with Gasteiger partial charge in [0.15, 0.2) is 0 Å². The van der Waals surface area contributed by atoms with Gasteiger partial charge in [-0.25, -0.2) is 8.78 Å². The van der Waals surface area contributed by atoms with Gasteiger partial charge in [0.05, 0.1) is 24.0 Å². The van der Waals surface area contributed by atoms with Crippen LogP contribution in [0.5, 0.6) is 5.75 Å². The number of anilines is 3. The van der Waals surface area contributed by atoms with E-state index in [0.29, 0.717) is 0 Å². The topological polar surface area (TPSA) is 52.6 Å². The van der Waals surface area contributed by atoms with Gasteiger partial charge in [-0.15, -0.1) is 0 Å². The molecule has 3 heterocycles. The lowest BCUT2D eigenvalue weighted by Crippen LogP contribution is -2.48. The summed E-state index contributed by atoms with van der Waals surface area (Å²) >= 11 is 0. The number of benzene rings is 3. The average Bonchev–Trinajstić information content (AvgIpc) is 3.60. The van der Waals surface area contributed by atoms with Gasteiger partial charge in [-0.1, -0.05) is 29.4 Å². The van der Waals surface area contributed by atoms with Crippen molar-refractivity contribution in [3.63, 3.8) is 0 Å². The number of nitrogens with one attached hydrogen (secondary N) is 1. The predicted molar refractivity (Wildman–Crippen MR) is 164 cm³/mol. The van der Waals surface area contributed by atoms with Crippen LogP contribution in [0.3, 0.4) is 0 Å². The highest BCUT2D eigenvalue weighted by molar-refractivity contribution is 5.90. The Morgan fingerprint density at radius 1 is 0.952 bits per heavy atom. The number of rotatable bonds is 10. The van der Waals surface area contributed by atoms with E-state index in [1.807, 2.05) is 12.1 Å². The first-order valence-electron chi connectivity index (χ1n) is 14.9. The Labute approximate surface area is 246 Å². The molecule has 0 radical (unpaired) electrons. The van der Waals surface area contributed by atoms with Crippen LogP contribution in [0.1, 0.15) is 31.4 Å². The van der Waals surface area contributed by atoms with Gasteiger partial charge in [0.2, 0.25) is 0 Å². The van der Waals surface area contributed by atoms with E-state index < -0.39 is 11.6 Å². The highest BCUT2D eigenvalue weighted by Crippen LogP contribution is 2.32. The molecule has 1 fully saturated rings. The van der Waals surface area contributed by atoms with Gasteiger partial charge in [0, 0.05) is 69.2 Å². The van der Waals surface area contributed by atoms with Crippen molar-refractivity contribution in [2.45, 2.75) is 45.4 Å². The van der Waals surface area contributed by atoms with Crippen LogP contribution in [-0.2, 0) is 17.8 Å². The fraction of sp³-hybridized carbons (Fsp3) is 0.424. The molecular formula is C33H39F2N5O2. The molecule has 3 aromatic carbocycles. The molecule has 0 spiro atoms. The van der Waals surface area contributed by atoms with Crippen LogP contribution < -0.4 is 19.9 Å². The van der Waals surface area contributed by atoms with E-state index in [9.17, 15) is 8.78 Å². The summed E-state index contributed by atoms with van der Waals surface area (Å²) in [7, 11) is 0. The van der Waals surface area contributed by atoms with Gasteiger partial charge in [-0.05, 0) is 62.2 Å². The molecule has 6 rings (SSSR count). The van der Waals surface area contributed by atoms with E-state index in [1.165, 1.54) is 23.8 Å². The zero-order valence-corrected chi connectivity index (χ0v) is 24.4. The molecule has 42 heavy (non-hydrogen) atoms. The molecule has 1 unspecified atom stereocenters. The maximum Gasteiger partial charge on any atom is 0.145 e. The first kappa shape index (κ1) is 28.3. The molecule has 3 aromatic rings. The molecule has 0 aromatic heterocycles. The third kappa shape index (κ3) is 6.46. The monoisotopic (exact) mass is 575 g/mol. The van der Waals surface area contributed by atoms with Gasteiger partial charge in [-0.2, -0.15) is 0 Å². The summed E-state index contributed by atoms with van der Waals surface area (Å²) < 4.78 is 34.2. The third-order valence-corrected chi connectivity index (χ3v) is 8.18. The van der Waals surface area contributed by atoms with Gasteiger partial charge in [0.1, 0.15) is 23.5 Å². The number of hydrogen-bond donors (Lipinski definition) is 1. The molecule has 3 aliphatic heterocycles. The minimum absolute atomic E-state index is 0.0460. The molecule has 3 aliphatic rings. The predicted octanol–water partition coefficient (Wildman–Crippen LogP) is 5.69. The zero-order valence-electron chi connectivity index (χ0n) is 24.4. The van der Waals surface area contributed by atoms with E-state index in [-0.39, 0.29) is 24.3 Å². The summed E-state index contributed by atoms with van der Waals surface area (Å²) in [6.07, 6.45) is 1.99. The number of hydrogen-bond acceptors (Lipinski definition) is 7. The van der Waals surface area contributed by atoms with Gasteiger partial charge in [0.25, 0.3) is 0 Å². The second kappa shape index (κ2) is 12.6. The first-order valence-corrected chi connectivity index (χ1v) is 14.9. The fourth-order valence-electron chi connectivity index (χ4n) is 6.04. The molecule has 0 saturated carbocycles. The van der Waals surface area contributed by atoms with Crippen LogP contribution in [0.4, 0.5) is 25.8 Å². The summed E-state index contributed by atoms with van der Waals surface area (Å²) in [6.45, 7) is 10.5. The van der Waals surface area contributed by atoms with Crippen LogP contribution in [0.2, 0.25) is 0 Å². The average molecular weight is 576 g/mol. The van der Waals surface area contributed by atoms with Crippen LogP contribution in [0.15, 0.2) is 65.8 Å². The standard InChI is InChI=1S/C33H39F2N5O2/c1-23(2)41-33-9-4-3-8-31(33)39-16-14-38(15-17-39)22-27-18-26(37-42-27)21-40-13-12-24-10-11-25(19-32(24)40)36-20-28-29(34)6-5-7-30(28)35/h3-11,19,23,27,36H,12-18,20-22H2,1-2H3. The highest BCUT2D eigenvalue weighted by Gasteiger charge is 2.29. The molecular weight excluding hydrogens is 536 g/mol. The maximum atomic E-state index is 14.1. The lowest BCUT2D eigenvalue weighted by Gasteiger charge is -2.37. The molecule has 222 valence electrons. The number of ether oxygens (including phenoxy) is 1. The van der Waals surface area contributed by atoms with Crippen molar-refractivity contribution in [1.29, 1.82) is 0 Å². The highest BCUT2D eigenvalue weighted by atomic mass is 19.1. The fourth-order valence-corrected chi connectivity index (χ4v) is 6.04. The molecule has 1 saturated heterocycles. The molecule has 0 aliphatic carbocycles. The largest absolute Gasteiger partial charge is 0.489 e. The van der Waals surface area contributed by atoms with Crippen molar-refractivity contribution in [3.8, 4) is 5.75 Å². The lowest BCUT2D eigenvalue weighted by atomic mass is 10.1. The summed E-state index contributed by atoms with van der Waals surface area (Å²) in [6, 6.07) is 18.4. The van der Waals surface area contributed by atoms with Crippen molar-refractivity contribution in [2.24, 2.45) is 5.16 Å². The smallest absolute Gasteiger partial charge is 0.145 e. The van der Waals surface area contributed by atoms with E-state index in [1.54, 1.807) is 0 Å². The summed E-state index contributed by atoms with van der Waals surface area (Å²) in [4.78, 5) is 13.1. The third-order valence-electron chi connectivity index (χ3n) is 8.18. The molecule has 9 heteroatoms. The van der Waals surface area contributed by atoms with E-state index in [0.717, 1.165) is 87.2 Å². The normalized spacial score (nSPS) is 18.7. The van der Waals surface area contributed by atoms with E-state index >= 15 is 0 Å². The molecule has 0 bridgehead atoms. The minimum atomic E-state index is -0.539. The summed E-state index contributed by atoms with van der Waals surface area (Å²) in [5.41, 5.74) is 5.51. The van der Waals surface area contributed by atoms with E-state index in [4.69, 9.17) is 9.57 Å². The Balaban J connectivity index is 0.988. The molecule has 0 amide bonds. The Kier molecular flexibility index (Phi) is 8.46. The van der Waals surface area contributed by atoms with Gasteiger partial charge >= 0.3 is 0 Å². The van der Waals surface area contributed by atoms with Crippen LogP contribution in [0.25, 0.3) is 0 Å². The first-order chi connectivity index (χ1) is 20.4. The zero-order chi connectivity index (χ0) is 29.1. The Hall–Kier alpha value is -3.85. The summed E-state index contributed by atoms with van der Waals surface area (Å²) in [5, 5.41) is 7.65. The number of oxime groups is 1. The number of fused-ring (bicyclic) bond motifs is 1. The van der Waals surface area contributed by atoms with Gasteiger partial charge in [-0.3, -0.25) is 4.90 Å². The van der Waals surface area contributed by atoms with Crippen molar-refractivity contribution in [2.75, 3.05) is 60.9 Å². The van der Waals surface area contributed by atoms with E-state index in [2.05, 4.69) is 69.4 Å². The van der Waals surface area contributed by atoms with Crippen molar-refractivity contribution < 1.29 is 18.4 Å². The molecule has 1 N–H and O–H groups in total. The Morgan fingerprint density at radius 2 is 1.74 bits per heavy atom. The van der Waals surface area contributed by atoms with Crippen LogP contribution in [-0.4, -0.2) is 68.6 Å². The van der Waals surface area contributed by atoms with Crippen molar-refractivity contribution in [1.82, 2.24) is 4.90 Å². The second-order valence-electron chi connectivity index (χ2n) is 11.6. The second-order valence-corrected chi connectivity index (χ2v) is 11.6. The Morgan fingerprint density at radius 3 is 2.52 bits per heavy atom. The summed E-state index contributed by atoms with van der Waals surface area (Å²) in [5.74, 6) is -0.131. The van der Waals surface area contributed by atoms with Crippen LogP contribution in [0, 0.1) is 11.6 Å². The Bertz CT molecular complexity index is 1400. The number of nitrogens with zero attached hydrogens (tertiary/aromatic N) is 4. The minimum Gasteiger partial charge on any atom is -0.489 e. The van der Waals surface area contributed by atoms with Gasteiger partial charge < -0.3 is 24.7 Å². The SMILES string of the molecule is CC(C)Oc1ccccc1N1CCN(CC2CC(CN3CCc4ccc(NCc5c(F)cccc5F)cc43)=NO2)CC1. The van der Waals surface area contributed by atoms with Crippen LogP contribution >= 0.6 is 0 Å². The van der Waals surface area contributed by atoms with Crippen molar-refractivity contribution >= 4 is 22.8 Å². The number of para-hydroxylation sites is 2.